The van der Waals surface area contributed by atoms with E-state index in [1.807, 2.05) is 6.07 Å². The van der Waals surface area contributed by atoms with Crippen LogP contribution in [0.1, 0.15) is 31.7 Å². The maximum absolute atomic E-state index is 13.0. The van der Waals surface area contributed by atoms with Gasteiger partial charge >= 0.3 is 11.9 Å². The Morgan fingerprint density at radius 3 is 2.27 bits per heavy atom. The number of hydrogen-bond donors (Lipinski definition) is 0. The molecule has 0 spiro atoms. The maximum Gasteiger partial charge on any atom is 0.323 e. The molecule has 0 amide bonds. The quantitative estimate of drug-likeness (QED) is 0.724. The lowest BCUT2D eigenvalue weighted by atomic mass is 9.84. The Morgan fingerprint density at radius 1 is 1.18 bits per heavy atom. The monoisotopic (exact) mass is 307 g/mol. The minimum absolute atomic E-state index is 0.132. The number of carbonyl (C=O) groups excluding carboxylic acids is 2. The Balaban J connectivity index is 3.09. The summed E-state index contributed by atoms with van der Waals surface area (Å²) in [6.45, 7) is 3.63. The highest BCUT2D eigenvalue weighted by Gasteiger charge is 2.33. The van der Waals surface area contributed by atoms with Crippen LogP contribution in [-0.2, 0) is 19.1 Å². The standard InChI is InChI=1S/C16H18FNO4/c1-3-21-15(19)9-13(11-5-7-12(17)8-6-11)14(10-18)16(20)22-4-2/h5-8,13-14H,3-4,9H2,1-2H3/t13-,14-/m1/s1. The molecule has 22 heavy (non-hydrogen) atoms. The smallest absolute Gasteiger partial charge is 0.323 e. The molecule has 1 rings (SSSR count). The zero-order valence-electron chi connectivity index (χ0n) is 12.5. The van der Waals surface area contributed by atoms with Gasteiger partial charge < -0.3 is 9.47 Å². The second-order valence-corrected chi connectivity index (χ2v) is 4.53. The third-order valence-electron chi connectivity index (χ3n) is 3.07. The highest BCUT2D eigenvalue weighted by atomic mass is 19.1. The molecule has 0 heterocycles. The Hall–Kier alpha value is -2.42. The van der Waals surface area contributed by atoms with E-state index in [4.69, 9.17) is 9.47 Å². The molecule has 0 saturated carbocycles. The molecule has 0 unspecified atom stereocenters. The van der Waals surface area contributed by atoms with Crippen LogP contribution in [0.5, 0.6) is 0 Å². The highest BCUT2D eigenvalue weighted by Crippen LogP contribution is 2.30. The van der Waals surface area contributed by atoms with Gasteiger partial charge in [0.1, 0.15) is 5.82 Å². The molecular weight excluding hydrogens is 289 g/mol. The lowest BCUT2D eigenvalue weighted by molar-refractivity contribution is -0.148. The van der Waals surface area contributed by atoms with Gasteiger partial charge in [0.15, 0.2) is 5.92 Å². The van der Waals surface area contributed by atoms with E-state index < -0.39 is 29.6 Å². The number of hydrogen-bond acceptors (Lipinski definition) is 5. The van der Waals surface area contributed by atoms with Gasteiger partial charge in [-0.3, -0.25) is 9.59 Å². The van der Waals surface area contributed by atoms with E-state index in [0.29, 0.717) is 5.56 Å². The number of ether oxygens (including phenoxy) is 2. The Kier molecular flexibility index (Phi) is 7.03. The molecule has 0 aromatic heterocycles. The summed E-state index contributed by atoms with van der Waals surface area (Å²) in [4.78, 5) is 23.7. The van der Waals surface area contributed by atoms with Crippen LogP contribution in [0.25, 0.3) is 0 Å². The lowest BCUT2D eigenvalue weighted by Crippen LogP contribution is -2.26. The van der Waals surface area contributed by atoms with Crippen LogP contribution in [0.15, 0.2) is 24.3 Å². The van der Waals surface area contributed by atoms with Gasteiger partial charge in [-0.2, -0.15) is 5.26 Å². The van der Waals surface area contributed by atoms with Gasteiger partial charge in [0.2, 0.25) is 0 Å². The second-order valence-electron chi connectivity index (χ2n) is 4.53. The van der Waals surface area contributed by atoms with Crippen molar-refractivity contribution in [2.24, 2.45) is 5.92 Å². The number of rotatable bonds is 7. The van der Waals surface area contributed by atoms with Crippen molar-refractivity contribution in [3.8, 4) is 6.07 Å². The summed E-state index contributed by atoms with van der Waals surface area (Å²) >= 11 is 0. The van der Waals surface area contributed by atoms with Crippen molar-refractivity contribution in [2.75, 3.05) is 13.2 Å². The van der Waals surface area contributed by atoms with Crippen molar-refractivity contribution in [2.45, 2.75) is 26.2 Å². The fourth-order valence-corrected chi connectivity index (χ4v) is 2.08. The van der Waals surface area contributed by atoms with Crippen LogP contribution >= 0.6 is 0 Å². The Morgan fingerprint density at radius 2 is 1.77 bits per heavy atom. The van der Waals surface area contributed by atoms with Gasteiger partial charge in [-0.25, -0.2) is 4.39 Å². The molecule has 0 N–H and O–H groups in total. The molecule has 0 fully saturated rings. The molecule has 0 bridgehead atoms. The SMILES string of the molecule is CCOC(=O)C[C@H](c1ccc(F)cc1)[C@@H](C#N)C(=O)OCC. The van der Waals surface area contributed by atoms with E-state index in [9.17, 15) is 19.2 Å². The van der Waals surface area contributed by atoms with Crippen LogP contribution in [0.2, 0.25) is 0 Å². The highest BCUT2D eigenvalue weighted by molar-refractivity contribution is 5.79. The summed E-state index contributed by atoms with van der Waals surface area (Å²) in [6, 6.07) is 7.20. The van der Waals surface area contributed by atoms with Crippen molar-refractivity contribution >= 4 is 11.9 Å². The minimum atomic E-state index is -1.16. The number of nitrogens with zero attached hydrogens (tertiary/aromatic N) is 1. The zero-order valence-corrected chi connectivity index (χ0v) is 12.5. The van der Waals surface area contributed by atoms with E-state index in [0.717, 1.165) is 0 Å². The normalized spacial score (nSPS) is 12.8. The molecular formula is C16H18FNO4. The van der Waals surface area contributed by atoms with Crippen molar-refractivity contribution < 1.29 is 23.5 Å². The largest absolute Gasteiger partial charge is 0.466 e. The van der Waals surface area contributed by atoms with Gasteiger partial charge in [-0.1, -0.05) is 12.1 Å². The molecule has 1 aromatic carbocycles. The molecule has 0 radical (unpaired) electrons. The Bertz CT molecular complexity index is 550. The molecule has 5 nitrogen and oxygen atoms in total. The number of halogens is 1. The fraction of sp³-hybridized carbons (Fsp3) is 0.438. The first kappa shape index (κ1) is 17.6. The molecule has 1 aromatic rings. The van der Waals surface area contributed by atoms with E-state index in [1.54, 1.807) is 13.8 Å². The fourth-order valence-electron chi connectivity index (χ4n) is 2.08. The van der Waals surface area contributed by atoms with Gasteiger partial charge in [-0.05, 0) is 31.5 Å². The van der Waals surface area contributed by atoms with Crippen molar-refractivity contribution in [1.82, 2.24) is 0 Å². The second kappa shape index (κ2) is 8.78. The summed E-state index contributed by atoms with van der Waals surface area (Å²) in [5.41, 5.74) is 0.508. The lowest BCUT2D eigenvalue weighted by Gasteiger charge is -2.20. The van der Waals surface area contributed by atoms with Gasteiger partial charge in [0, 0.05) is 5.92 Å². The third-order valence-corrected chi connectivity index (χ3v) is 3.07. The average molecular weight is 307 g/mol. The maximum atomic E-state index is 13.0. The van der Waals surface area contributed by atoms with Gasteiger partial charge in [0.05, 0.1) is 25.7 Å². The van der Waals surface area contributed by atoms with Crippen molar-refractivity contribution in [1.29, 1.82) is 5.26 Å². The summed E-state index contributed by atoms with van der Waals surface area (Å²) in [5.74, 6) is -3.58. The molecule has 0 saturated heterocycles. The van der Waals surface area contributed by atoms with Gasteiger partial charge in [-0.15, -0.1) is 0 Å². The molecule has 0 aliphatic heterocycles. The topological polar surface area (TPSA) is 76.4 Å². The van der Waals surface area contributed by atoms with Crippen LogP contribution < -0.4 is 0 Å². The first-order valence-electron chi connectivity index (χ1n) is 7.00. The summed E-state index contributed by atoms with van der Waals surface area (Å²) < 4.78 is 22.8. The van der Waals surface area contributed by atoms with Gasteiger partial charge in [0.25, 0.3) is 0 Å². The average Bonchev–Trinajstić information content (AvgIpc) is 2.48. The third kappa shape index (κ3) is 4.85. The summed E-state index contributed by atoms with van der Waals surface area (Å²) in [7, 11) is 0. The number of nitriles is 1. The summed E-state index contributed by atoms with van der Waals surface area (Å²) in [5, 5.41) is 9.28. The number of esters is 2. The van der Waals surface area contributed by atoms with Crippen molar-refractivity contribution in [3.05, 3.63) is 35.6 Å². The van der Waals surface area contributed by atoms with E-state index >= 15 is 0 Å². The number of benzene rings is 1. The zero-order chi connectivity index (χ0) is 16.5. The summed E-state index contributed by atoms with van der Waals surface area (Å²) in [6.07, 6.45) is -0.156. The van der Waals surface area contributed by atoms with Crippen LogP contribution in [-0.4, -0.2) is 25.2 Å². The van der Waals surface area contributed by atoms with E-state index in [1.165, 1.54) is 24.3 Å². The minimum Gasteiger partial charge on any atom is -0.466 e. The predicted molar refractivity (Wildman–Crippen MR) is 76.1 cm³/mol. The van der Waals surface area contributed by atoms with E-state index in [2.05, 4.69) is 0 Å². The van der Waals surface area contributed by atoms with Crippen LogP contribution in [0.3, 0.4) is 0 Å². The van der Waals surface area contributed by atoms with Crippen molar-refractivity contribution in [3.63, 3.8) is 0 Å². The van der Waals surface area contributed by atoms with Crippen LogP contribution in [0.4, 0.5) is 4.39 Å². The molecule has 2 atom stereocenters. The van der Waals surface area contributed by atoms with Crippen LogP contribution in [0, 0.1) is 23.1 Å². The molecule has 0 aliphatic carbocycles. The molecule has 0 aliphatic rings. The molecule has 118 valence electrons. The van der Waals surface area contributed by atoms with E-state index in [-0.39, 0.29) is 19.6 Å². The first-order valence-corrected chi connectivity index (χ1v) is 7.00. The first-order chi connectivity index (χ1) is 10.5. The molecule has 6 heteroatoms. The number of carbonyl (C=O) groups is 2. The predicted octanol–water partition coefficient (Wildman–Crippen LogP) is 2.57. The Labute approximate surface area is 128 Å².